The SMILES string of the molecule is CC(C)(C)c1ccccc1C(N)CCC1CCCO1. The molecule has 2 N–H and O–H groups in total. The Kier molecular flexibility index (Phi) is 4.64. The molecule has 0 spiro atoms. The van der Waals surface area contributed by atoms with Crippen molar-refractivity contribution < 1.29 is 4.74 Å². The standard InChI is InChI=1S/C17H27NO/c1-17(2,3)15-9-5-4-8-14(15)16(18)11-10-13-7-6-12-19-13/h4-5,8-9,13,16H,6-7,10-12,18H2,1-3H3. The fourth-order valence-electron chi connectivity index (χ4n) is 2.90. The van der Waals surface area contributed by atoms with E-state index in [-0.39, 0.29) is 11.5 Å². The van der Waals surface area contributed by atoms with Crippen LogP contribution in [0.3, 0.4) is 0 Å². The summed E-state index contributed by atoms with van der Waals surface area (Å²) in [7, 11) is 0. The zero-order chi connectivity index (χ0) is 13.9. The fraction of sp³-hybridized carbons (Fsp3) is 0.647. The second-order valence-corrected chi connectivity index (χ2v) is 6.66. The van der Waals surface area contributed by atoms with E-state index in [4.69, 9.17) is 10.5 Å². The van der Waals surface area contributed by atoms with Gasteiger partial charge in [0, 0.05) is 12.6 Å². The van der Waals surface area contributed by atoms with Crippen LogP contribution in [0, 0.1) is 0 Å². The second kappa shape index (κ2) is 6.06. The van der Waals surface area contributed by atoms with Crippen molar-refractivity contribution in [3.8, 4) is 0 Å². The molecule has 1 aromatic carbocycles. The highest BCUT2D eigenvalue weighted by Crippen LogP contribution is 2.31. The van der Waals surface area contributed by atoms with Gasteiger partial charge in [-0.3, -0.25) is 0 Å². The van der Waals surface area contributed by atoms with Crippen LogP contribution in [0.15, 0.2) is 24.3 Å². The van der Waals surface area contributed by atoms with Gasteiger partial charge in [-0.05, 0) is 42.2 Å². The summed E-state index contributed by atoms with van der Waals surface area (Å²) in [4.78, 5) is 0. The molecular weight excluding hydrogens is 234 g/mol. The Morgan fingerprint density at radius 1 is 1.32 bits per heavy atom. The summed E-state index contributed by atoms with van der Waals surface area (Å²) in [6, 6.07) is 8.72. The summed E-state index contributed by atoms with van der Waals surface area (Å²) >= 11 is 0. The van der Waals surface area contributed by atoms with Crippen molar-refractivity contribution in [2.45, 2.75) is 64.0 Å². The number of ether oxygens (including phenoxy) is 1. The lowest BCUT2D eigenvalue weighted by atomic mass is 9.81. The molecule has 0 aromatic heterocycles. The van der Waals surface area contributed by atoms with Crippen molar-refractivity contribution in [1.29, 1.82) is 0 Å². The lowest BCUT2D eigenvalue weighted by molar-refractivity contribution is 0.101. The van der Waals surface area contributed by atoms with Gasteiger partial charge >= 0.3 is 0 Å². The average Bonchev–Trinajstić information content (AvgIpc) is 2.88. The minimum Gasteiger partial charge on any atom is -0.378 e. The molecule has 0 bridgehead atoms. The predicted octanol–water partition coefficient (Wildman–Crippen LogP) is 3.94. The van der Waals surface area contributed by atoms with Gasteiger partial charge in [0.1, 0.15) is 0 Å². The van der Waals surface area contributed by atoms with E-state index in [1.807, 2.05) is 0 Å². The van der Waals surface area contributed by atoms with Gasteiger partial charge in [0.2, 0.25) is 0 Å². The second-order valence-electron chi connectivity index (χ2n) is 6.66. The molecule has 106 valence electrons. The first-order valence-electron chi connectivity index (χ1n) is 7.45. The van der Waals surface area contributed by atoms with Crippen molar-refractivity contribution >= 4 is 0 Å². The van der Waals surface area contributed by atoms with E-state index in [1.54, 1.807) is 0 Å². The highest BCUT2D eigenvalue weighted by Gasteiger charge is 2.22. The van der Waals surface area contributed by atoms with E-state index in [0.29, 0.717) is 6.10 Å². The van der Waals surface area contributed by atoms with Crippen molar-refractivity contribution in [1.82, 2.24) is 0 Å². The van der Waals surface area contributed by atoms with Crippen LogP contribution in [0.25, 0.3) is 0 Å². The maximum Gasteiger partial charge on any atom is 0.0576 e. The Balaban J connectivity index is 2.03. The summed E-state index contributed by atoms with van der Waals surface area (Å²) in [6.45, 7) is 7.67. The van der Waals surface area contributed by atoms with Crippen LogP contribution in [0.5, 0.6) is 0 Å². The van der Waals surface area contributed by atoms with Gasteiger partial charge in [0.05, 0.1) is 6.10 Å². The van der Waals surface area contributed by atoms with E-state index in [1.165, 1.54) is 24.0 Å². The number of hydrogen-bond donors (Lipinski definition) is 1. The topological polar surface area (TPSA) is 35.2 Å². The van der Waals surface area contributed by atoms with Gasteiger partial charge in [-0.15, -0.1) is 0 Å². The number of rotatable bonds is 4. The van der Waals surface area contributed by atoms with Crippen LogP contribution >= 0.6 is 0 Å². The van der Waals surface area contributed by atoms with Crippen LogP contribution < -0.4 is 5.73 Å². The minimum absolute atomic E-state index is 0.125. The Labute approximate surface area is 117 Å². The molecule has 1 fully saturated rings. The van der Waals surface area contributed by atoms with Crippen molar-refractivity contribution in [3.63, 3.8) is 0 Å². The van der Waals surface area contributed by atoms with Crippen LogP contribution in [-0.4, -0.2) is 12.7 Å². The third kappa shape index (κ3) is 3.80. The first-order chi connectivity index (χ1) is 8.98. The maximum absolute atomic E-state index is 6.42. The number of hydrogen-bond acceptors (Lipinski definition) is 2. The summed E-state index contributed by atoms with van der Waals surface area (Å²) in [5.41, 5.74) is 9.24. The molecule has 0 radical (unpaired) electrons. The van der Waals surface area contributed by atoms with Crippen molar-refractivity contribution in [2.24, 2.45) is 5.73 Å². The molecule has 1 heterocycles. The molecule has 1 saturated heterocycles. The van der Waals surface area contributed by atoms with Gasteiger partial charge in [0.15, 0.2) is 0 Å². The van der Waals surface area contributed by atoms with E-state index in [0.717, 1.165) is 19.4 Å². The Hall–Kier alpha value is -0.860. The largest absolute Gasteiger partial charge is 0.378 e. The van der Waals surface area contributed by atoms with Gasteiger partial charge in [-0.25, -0.2) is 0 Å². The first kappa shape index (κ1) is 14.5. The molecule has 0 aliphatic carbocycles. The summed E-state index contributed by atoms with van der Waals surface area (Å²) < 4.78 is 5.68. The molecule has 0 saturated carbocycles. The van der Waals surface area contributed by atoms with Gasteiger partial charge in [-0.1, -0.05) is 45.0 Å². The van der Waals surface area contributed by atoms with E-state index in [9.17, 15) is 0 Å². The molecule has 0 amide bonds. The maximum atomic E-state index is 6.42. The zero-order valence-electron chi connectivity index (χ0n) is 12.5. The van der Waals surface area contributed by atoms with E-state index in [2.05, 4.69) is 45.0 Å². The van der Waals surface area contributed by atoms with Crippen LogP contribution in [0.1, 0.15) is 63.6 Å². The molecular formula is C17H27NO. The predicted molar refractivity (Wildman–Crippen MR) is 80.3 cm³/mol. The van der Waals surface area contributed by atoms with E-state index >= 15 is 0 Å². The molecule has 19 heavy (non-hydrogen) atoms. The highest BCUT2D eigenvalue weighted by molar-refractivity contribution is 5.35. The molecule has 2 atom stereocenters. The Morgan fingerprint density at radius 3 is 2.68 bits per heavy atom. The molecule has 1 aromatic rings. The molecule has 1 aliphatic rings. The van der Waals surface area contributed by atoms with Crippen LogP contribution in [-0.2, 0) is 10.2 Å². The molecule has 2 unspecified atom stereocenters. The smallest absolute Gasteiger partial charge is 0.0576 e. The van der Waals surface area contributed by atoms with Crippen LogP contribution in [0.4, 0.5) is 0 Å². The summed E-state index contributed by atoms with van der Waals surface area (Å²) in [5.74, 6) is 0. The molecule has 2 nitrogen and oxygen atoms in total. The average molecular weight is 261 g/mol. The normalized spacial score (nSPS) is 21.6. The minimum atomic E-state index is 0.125. The lowest BCUT2D eigenvalue weighted by Crippen LogP contribution is -2.21. The Bertz CT molecular complexity index is 402. The highest BCUT2D eigenvalue weighted by atomic mass is 16.5. The lowest BCUT2D eigenvalue weighted by Gasteiger charge is -2.26. The summed E-state index contributed by atoms with van der Waals surface area (Å²) in [6.07, 6.45) is 4.94. The number of nitrogens with two attached hydrogens (primary N) is 1. The molecule has 1 aliphatic heterocycles. The number of benzene rings is 1. The summed E-state index contributed by atoms with van der Waals surface area (Å²) in [5, 5.41) is 0. The van der Waals surface area contributed by atoms with Gasteiger partial charge in [0.25, 0.3) is 0 Å². The monoisotopic (exact) mass is 261 g/mol. The van der Waals surface area contributed by atoms with Crippen LogP contribution in [0.2, 0.25) is 0 Å². The van der Waals surface area contributed by atoms with E-state index < -0.39 is 0 Å². The molecule has 2 rings (SSSR count). The third-order valence-corrected chi connectivity index (χ3v) is 3.99. The molecule has 2 heteroatoms. The van der Waals surface area contributed by atoms with Gasteiger partial charge in [-0.2, -0.15) is 0 Å². The Morgan fingerprint density at radius 2 is 2.05 bits per heavy atom. The zero-order valence-corrected chi connectivity index (χ0v) is 12.5. The van der Waals surface area contributed by atoms with Crippen molar-refractivity contribution in [3.05, 3.63) is 35.4 Å². The fourth-order valence-corrected chi connectivity index (χ4v) is 2.90. The third-order valence-electron chi connectivity index (χ3n) is 3.99. The van der Waals surface area contributed by atoms with Gasteiger partial charge < -0.3 is 10.5 Å². The quantitative estimate of drug-likeness (QED) is 0.891. The van der Waals surface area contributed by atoms with Crippen molar-refractivity contribution in [2.75, 3.05) is 6.61 Å². The first-order valence-corrected chi connectivity index (χ1v) is 7.45.